The Morgan fingerprint density at radius 2 is 1.94 bits per heavy atom. The number of carboxylic acid groups (broad SMARTS) is 2. The van der Waals surface area contributed by atoms with Crippen LogP contribution in [0.3, 0.4) is 0 Å². The van der Waals surface area contributed by atoms with Crippen molar-refractivity contribution in [1.29, 1.82) is 0 Å². The summed E-state index contributed by atoms with van der Waals surface area (Å²) in [6, 6.07) is 3.93. The van der Waals surface area contributed by atoms with Gasteiger partial charge in [0.25, 0.3) is 0 Å². The smallest absolute Gasteiger partial charge is 0.341 e. The standard InChI is InChI=1S/C11H12O7/c1-17-8-4-6(10(14)11(15)16)2-3-7(8)18-5-9(12)13/h2-4,10,14H,5H2,1H3,(H,12,13)(H,15,16). The number of hydrogen-bond donors (Lipinski definition) is 3. The molecule has 0 bridgehead atoms. The highest BCUT2D eigenvalue weighted by molar-refractivity contribution is 5.74. The van der Waals surface area contributed by atoms with Gasteiger partial charge < -0.3 is 24.8 Å². The van der Waals surface area contributed by atoms with E-state index in [2.05, 4.69) is 0 Å². The molecule has 98 valence electrons. The lowest BCUT2D eigenvalue weighted by Crippen LogP contribution is -2.12. The van der Waals surface area contributed by atoms with Crippen LogP contribution in [-0.4, -0.2) is 41.0 Å². The first-order valence-electron chi connectivity index (χ1n) is 4.89. The maximum atomic E-state index is 10.6. The molecule has 0 heterocycles. The molecule has 7 nitrogen and oxygen atoms in total. The topological polar surface area (TPSA) is 113 Å². The lowest BCUT2D eigenvalue weighted by Gasteiger charge is -2.12. The van der Waals surface area contributed by atoms with Crippen LogP contribution in [0.4, 0.5) is 0 Å². The molecule has 0 spiro atoms. The Bertz CT molecular complexity index is 455. The number of carboxylic acids is 2. The third kappa shape index (κ3) is 3.36. The van der Waals surface area contributed by atoms with E-state index >= 15 is 0 Å². The average Bonchev–Trinajstić information content (AvgIpc) is 2.34. The van der Waals surface area contributed by atoms with Crippen LogP contribution in [0.25, 0.3) is 0 Å². The lowest BCUT2D eigenvalue weighted by molar-refractivity contribution is -0.147. The van der Waals surface area contributed by atoms with E-state index < -0.39 is 24.6 Å². The van der Waals surface area contributed by atoms with Crippen LogP contribution in [0, 0.1) is 0 Å². The minimum atomic E-state index is -1.67. The van der Waals surface area contributed by atoms with Crippen LogP contribution in [0.15, 0.2) is 18.2 Å². The Labute approximate surface area is 102 Å². The SMILES string of the molecule is COc1cc(C(O)C(=O)O)ccc1OCC(=O)O. The first kappa shape index (κ1) is 13.8. The predicted molar refractivity (Wildman–Crippen MR) is 58.7 cm³/mol. The normalized spacial score (nSPS) is 11.7. The van der Waals surface area contributed by atoms with E-state index in [1.807, 2.05) is 0 Å². The fourth-order valence-corrected chi connectivity index (χ4v) is 1.26. The molecule has 3 N–H and O–H groups in total. The highest BCUT2D eigenvalue weighted by atomic mass is 16.5. The molecule has 1 unspecified atom stereocenters. The van der Waals surface area contributed by atoms with E-state index in [9.17, 15) is 14.7 Å². The molecule has 0 aliphatic carbocycles. The van der Waals surface area contributed by atoms with Crippen LogP contribution >= 0.6 is 0 Å². The summed E-state index contributed by atoms with van der Waals surface area (Å²) in [5, 5.41) is 26.5. The molecule has 0 aliphatic rings. The zero-order valence-electron chi connectivity index (χ0n) is 9.49. The molecule has 18 heavy (non-hydrogen) atoms. The Balaban J connectivity index is 2.96. The number of methoxy groups -OCH3 is 1. The van der Waals surface area contributed by atoms with E-state index in [1.165, 1.54) is 25.3 Å². The molecule has 0 aromatic heterocycles. The van der Waals surface area contributed by atoms with Gasteiger partial charge in [0.2, 0.25) is 0 Å². The summed E-state index contributed by atoms with van der Waals surface area (Å²) < 4.78 is 9.86. The molecule has 0 saturated carbocycles. The van der Waals surface area contributed by atoms with Crippen LogP contribution in [-0.2, 0) is 9.59 Å². The number of ether oxygens (including phenoxy) is 2. The predicted octanol–water partition coefficient (Wildman–Crippen LogP) is 0.277. The van der Waals surface area contributed by atoms with E-state index in [1.54, 1.807) is 0 Å². The van der Waals surface area contributed by atoms with Gasteiger partial charge in [-0.25, -0.2) is 9.59 Å². The summed E-state index contributed by atoms with van der Waals surface area (Å²) in [5.41, 5.74) is 0.113. The van der Waals surface area contributed by atoms with Gasteiger partial charge in [0.15, 0.2) is 24.2 Å². The Morgan fingerprint density at radius 3 is 2.44 bits per heavy atom. The van der Waals surface area contributed by atoms with Gasteiger partial charge in [-0.05, 0) is 17.7 Å². The summed E-state index contributed by atoms with van der Waals surface area (Å²) in [7, 11) is 1.32. The molecule has 1 aromatic rings. The zero-order valence-corrected chi connectivity index (χ0v) is 9.49. The summed E-state index contributed by atoms with van der Waals surface area (Å²) in [5.74, 6) is -2.24. The van der Waals surface area contributed by atoms with Gasteiger partial charge in [-0.3, -0.25) is 0 Å². The fourth-order valence-electron chi connectivity index (χ4n) is 1.26. The molecular formula is C11H12O7. The molecule has 1 rings (SSSR count). The molecular weight excluding hydrogens is 244 g/mol. The maximum Gasteiger partial charge on any atom is 0.341 e. The highest BCUT2D eigenvalue weighted by Crippen LogP contribution is 2.30. The summed E-state index contributed by atoms with van der Waals surface area (Å²) in [6.45, 7) is -0.544. The molecule has 1 atom stereocenters. The largest absolute Gasteiger partial charge is 0.493 e. The van der Waals surface area contributed by atoms with Crippen molar-refractivity contribution < 1.29 is 34.4 Å². The van der Waals surface area contributed by atoms with Gasteiger partial charge in [-0.2, -0.15) is 0 Å². The quantitative estimate of drug-likeness (QED) is 0.669. The number of aliphatic hydroxyl groups excluding tert-OH is 1. The van der Waals surface area contributed by atoms with Crippen molar-refractivity contribution in [3.05, 3.63) is 23.8 Å². The molecule has 7 heteroatoms. The number of benzene rings is 1. The molecule has 0 fully saturated rings. The third-order valence-corrected chi connectivity index (χ3v) is 2.09. The molecule has 1 aromatic carbocycles. The molecule has 0 saturated heterocycles. The van der Waals surface area contributed by atoms with Crippen molar-refractivity contribution in [3.63, 3.8) is 0 Å². The van der Waals surface area contributed by atoms with Crippen molar-refractivity contribution in [1.82, 2.24) is 0 Å². The first-order valence-corrected chi connectivity index (χ1v) is 4.89. The second kappa shape index (κ2) is 5.87. The summed E-state index contributed by atoms with van der Waals surface area (Å²) in [6.07, 6.45) is -1.67. The van der Waals surface area contributed by atoms with E-state index in [0.717, 1.165) is 0 Å². The van der Waals surface area contributed by atoms with Gasteiger partial charge >= 0.3 is 11.9 Å². The van der Waals surface area contributed by atoms with Crippen LogP contribution in [0.2, 0.25) is 0 Å². The van der Waals surface area contributed by atoms with Gasteiger partial charge in [-0.15, -0.1) is 0 Å². The Morgan fingerprint density at radius 1 is 1.28 bits per heavy atom. The van der Waals surface area contributed by atoms with Crippen LogP contribution in [0.1, 0.15) is 11.7 Å². The average molecular weight is 256 g/mol. The Hall–Kier alpha value is -2.28. The maximum absolute atomic E-state index is 10.6. The second-order valence-electron chi connectivity index (χ2n) is 3.33. The van der Waals surface area contributed by atoms with Crippen LogP contribution in [0.5, 0.6) is 11.5 Å². The monoisotopic (exact) mass is 256 g/mol. The van der Waals surface area contributed by atoms with Crippen molar-refractivity contribution in [3.8, 4) is 11.5 Å². The highest BCUT2D eigenvalue weighted by Gasteiger charge is 2.18. The fraction of sp³-hybridized carbons (Fsp3) is 0.273. The van der Waals surface area contributed by atoms with E-state index in [-0.39, 0.29) is 17.1 Å². The minimum absolute atomic E-state index is 0.113. The van der Waals surface area contributed by atoms with Crippen molar-refractivity contribution in [2.45, 2.75) is 6.10 Å². The lowest BCUT2D eigenvalue weighted by atomic mass is 10.1. The van der Waals surface area contributed by atoms with Gasteiger partial charge in [-0.1, -0.05) is 6.07 Å². The third-order valence-electron chi connectivity index (χ3n) is 2.09. The second-order valence-corrected chi connectivity index (χ2v) is 3.33. The minimum Gasteiger partial charge on any atom is -0.493 e. The first-order chi connectivity index (χ1) is 8.45. The molecule has 0 amide bonds. The van der Waals surface area contributed by atoms with Crippen molar-refractivity contribution in [2.75, 3.05) is 13.7 Å². The van der Waals surface area contributed by atoms with Gasteiger partial charge in [0.05, 0.1) is 7.11 Å². The Kier molecular flexibility index (Phi) is 4.50. The number of rotatable bonds is 6. The number of carbonyl (C=O) groups is 2. The zero-order chi connectivity index (χ0) is 13.7. The number of hydrogen-bond acceptors (Lipinski definition) is 5. The van der Waals surface area contributed by atoms with E-state index in [0.29, 0.717) is 0 Å². The van der Waals surface area contributed by atoms with Gasteiger partial charge in [0.1, 0.15) is 0 Å². The molecule has 0 radical (unpaired) electrons. The summed E-state index contributed by atoms with van der Waals surface area (Å²) >= 11 is 0. The van der Waals surface area contributed by atoms with Gasteiger partial charge in [0, 0.05) is 0 Å². The van der Waals surface area contributed by atoms with Crippen molar-refractivity contribution >= 4 is 11.9 Å². The number of aliphatic hydroxyl groups is 1. The molecule has 0 aliphatic heterocycles. The van der Waals surface area contributed by atoms with Crippen molar-refractivity contribution in [2.24, 2.45) is 0 Å². The number of aliphatic carboxylic acids is 2. The summed E-state index contributed by atoms with van der Waals surface area (Å²) in [4.78, 5) is 21.0. The van der Waals surface area contributed by atoms with E-state index in [4.69, 9.17) is 19.7 Å². The van der Waals surface area contributed by atoms with Crippen LogP contribution < -0.4 is 9.47 Å².